The lowest BCUT2D eigenvalue weighted by Gasteiger charge is -2.25. The fraction of sp³-hybridized carbons (Fsp3) is 0.263. The highest BCUT2D eigenvalue weighted by Gasteiger charge is 2.31. The Morgan fingerprint density at radius 3 is 2.81 bits per heavy atom. The van der Waals surface area contributed by atoms with E-state index in [-0.39, 0.29) is 18.0 Å². The van der Waals surface area contributed by atoms with Gasteiger partial charge < -0.3 is 9.47 Å². The van der Waals surface area contributed by atoms with Crippen LogP contribution < -0.4 is 5.32 Å². The Bertz CT molecular complexity index is 907. The molecule has 2 amide bonds. The number of hydrogen-bond acceptors (Lipinski definition) is 4. The zero-order valence-electron chi connectivity index (χ0n) is 14.5. The van der Waals surface area contributed by atoms with Gasteiger partial charge in [-0.1, -0.05) is 30.3 Å². The number of anilines is 1. The number of likely N-dealkylation sites (tertiary alicyclic amines) is 1. The molecule has 0 aliphatic carbocycles. The molecule has 0 saturated carbocycles. The maximum atomic E-state index is 12.8. The summed E-state index contributed by atoms with van der Waals surface area (Å²) in [5.74, 6) is 0.217. The number of benzene rings is 1. The van der Waals surface area contributed by atoms with Crippen molar-refractivity contribution in [3.8, 4) is 11.3 Å². The second-order valence-electron chi connectivity index (χ2n) is 6.36. The molecule has 26 heavy (non-hydrogen) atoms. The summed E-state index contributed by atoms with van der Waals surface area (Å²) in [6.07, 6.45) is 5.52. The molecule has 2 aromatic heterocycles. The molecule has 1 aliphatic rings. The Kier molecular flexibility index (Phi) is 4.35. The number of carbonyl (C=O) groups is 1. The average Bonchev–Trinajstić information content (AvgIpc) is 3.31. The van der Waals surface area contributed by atoms with Crippen LogP contribution in [0.4, 0.5) is 10.7 Å². The fourth-order valence-corrected chi connectivity index (χ4v) is 3.41. The van der Waals surface area contributed by atoms with Crippen LogP contribution in [0.25, 0.3) is 11.3 Å². The van der Waals surface area contributed by atoms with E-state index in [1.54, 1.807) is 6.20 Å². The summed E-state index contributed by atoms with van der Waals surface area (Å²) in [5, 5.41) is 10.7. The highest BCUT2D eigenvalue weighted by atomic mass is 16.2. The number of amides is 2. The van der Waals surface area contributed by atoms with Gasteiger partial charge in [-0.3, -0.25) is 5.32 Å². The third-order valence-electron chi connectivity index (χ3n) is 4.69. The zero-order chi connectivity index (χ0) is 17.9. The van der Waals surface area contributed by atoms with Crippen LogP contribution in [-0.4, -0.2) is 37.2 Å². The Hall–Kier alpha value is -3.22. The molecule has 0 unspecified atom stereocenters. The highest BCUT2D eigenvalue weighted by molar-refractivity contribution is 5.88. The van der Waals surface area contributed by atoms with Crippen molar-refractivity contribution in [2.45, 2.75) is 18.9 Å². The van der Waals surface area contributed by atoms with E-state index in [0.717, 1.165) is 24.1 Å². The van der Waals surface area contributed by atoms with E-state index in [2.05, 4.69) is 31.1 Å². The van der Waals surface area contributed by atoms with E-state index in [1.807, 2.05) is 54.5 Å². The van der Waals surface area contributed by atoms with E-state index in [0.29, 0.717) is 12.2 Å². The Morgan fingerprint density at radius 1 is 1.19 bits per heavy atom. The smallest absolute Gasteiger partial charge is 0.324 e. The fourth-order valence-electron chi connectivity index (χ4n) is 3.41. The van der Waals surface area contributed by atoms with E-state index < -0.39 is 0 Å². The van der Waals surface area contributed by atoms with Crippen LogP contribution in [0, 0.1) is 0 Å². The van der Waals surface area contributed by atoms with Crippen molar-refractivity contribution < 1.29 is 4.79 Å². The van der Waals surface area contributed by atoms with Crippen LogP contribution in [0.15, 0.2) is 54.9 Å². The summed E-state index contributed by atoms with van der Waals surface area (Å²) in [5.41, 5.74) is 2.74. The molecule has 1 fully saturated rings. The van der Waals surface area contributed by atoms with Crippen LogP contribution in [0.5, 0.6) is 0 Å². The first-order valence-electron chi connectivity index (χ1n) is 8.66. The Balaban J connectivity index is 1.52. The molecule has 1 aliphatic heterocycles. The molecule has 0 bridgehead atoms. The molecule has 0 spiro atoms. The minimum absolute atomic E-state index is 0.0697. The van der Waals surface area contributed by atoms with Gasteiger partial charge in [0, 0.05) is 31.0 Å². The van der Waals surface area contributed by atoms with Crippen molar-refractivity contribution in [3.63, 3.8) is 0 Å². The molecule has 1 atom stereocenters. The topological polar surface area (TPSA) is 75.9 Å². The zero-order valence-corrected chi connectivity index (χ0v) is 14.5. The van der Waals surface area contributed by atoms with Crippen molar-refractivity contribution >= 4 is 12.0 Å². The summed E-state index contributed by atoms with van der Waals surface area (Å²) in [4.78, 5) is 19.0. The SMILES string of the molecule is Cn1cccc1[C@H]1CCCN1C(=O)Nc1nncc(-c2ccccc2)n1. The molecular formula is C19H20N6O. The average molecular weight is 348 g/mol. The molecule has 1 aromatic carbocycles. The van der Waals surface area contributed by atoms with E-state index in [1.165, 1.54) is 0 Å². The first-order valence-corrected chi connectivity index (χ1v) is 8.66. The molecule has 0 radical (unpaired) electrons. The van der Waals surface area contributed by atoms with Gasteiger partial charge in [-0.15, -0.1) is 5.10 Å². The first-order chi connectivity index (χ1) is 12.7. The molecule has 7 heteroatoms. The van der Waals surface area contributed by atoms with Crippen molar-refractivity contribution in [2.24, 2.45) is 7.05 Å². The quantitative estimate of drug-likeness (QED) is 0.788. The van der Waals surface area contributed by atoms with Crippen LogP contribution in [0.3, 0.4) is 0 Å². The monoisotopic (exact) mass is 348 g/mol. The second-order valence-corrected chi connectivity index (χ2v) is 6.36. The Labute approximate surface area is 151 Å². The van der Waals surface area contributed by atoms with Crippen LogP contribution in [0.2, 0.25) is 0 Å². The van der Waals surface area contributed by atoms with Gasteiger partial charge in [-0.25, -0.2) is 9.78 Å². The molecule has 1 N–H and O–H groups in total. The summed E-state index contributed by atoms with van der Waals surface area (Å²) >= 11 is 0. The van der Waals surface area contributed by atoms with Gasteiger partial charge in [0.25, 0.3) is 5.95 Å². The van der Waals surface area contributed by atoms with Crippen molar-refractivity contribution in [1.29, 1.82) is 0 Å². The number of urea groups is 1. The molecule has 3 heterocycles. The van der Waals surface area contributed by atoms with E-state index in [4.69, 9.17) is 0 Å². The number of nitrogens with one attached hydrogen (secondary N) is 1. The summed E-state index contributed by atoms with van der Waals surface area (Å²) in [6, 6.07) is 13.6. The summed E-state index contributed by atoms with van der Waals surface area (Å²) in [7, 11) is 2.00. The van der Waals surface area contributed by atoms with Crippen LogP contribution >= 0.6 is 0 Å². The third-order valence-corrected chi connectivity index (χ3v) is 4.69. The summed E-state index contributed by atoms with van der Waals surface area (Å²) in [6.45, 7) is 0.716. The van der Waals surface area contributed by atoms with Gasteiger partial charge in [-0.05, 0) is 25.0 Å². The first kappa shape index (κ1) is 16.3. The van der Waals surface area contributed by atoms with E-state index in [9.17, 15) is 4.79 Å². The lowest BCUT2D eigenvalue weighted by atomic mass is 10.1. The summed E-state index contributed by atoms with van der Waals surface area (Å²) < 4.78 is 2.06. The molecule has 4 rings (SSSR count). The van der Waals surface area contributed by atoms with Gasteiger partial charge in [0.15, 0.2) is 0 Å². The second kappa shape index (κ2) is 6.95. The maximum Gasteiger partial charge on any atom is 0.324 e. The van der Waals surface area contributed by atoms with Crippen molar-refractivity contribution in [2.75, 3.05) is 11.9 Å². The minimum atomic E-state index is -0.194. The predicted octanol–water partition coefficient (Wildman–Crippen LogP) is 3.25. The van der Waals surface area contributed by atoms with Gasteiger partial charge >= 0.3 is 6.03 Å². The molecule has 3 aromatic rings. The van der Waals surface area contributed by atoms with Gasteiger partial charge in [0.2, 0.25) is 0 Å². The van der Waals surface area contributed by atoms with Crippen molar-refractivity contribution in [1.82, 2.24) is 24.6 Å². The highest BCUT2D eigenvalue weighted by Crippen LogP contribution is 2.32. The van der Waals surface area contributed by atoms with Gasteiger partial charge in [-0.2, -0.15) is 5.10 Å². The number of aryl methyl sites for hydroxylation is 1. The maximum absolute atomic E-state index is 12.8. The molecule has 132 valence electrons. The number of aromatic nitrogens is 4. The molecular weight excluding hydrogens is 328 g/mol. The lowest BCUT2D eigenvalue weighted by Crippen LogP contribution is -2.35. The number of rotatable bonds is 3. The normalized spacial score (nSPS) is 16.7. The van der Waals surface area contributed by atoms with Gasteiger partial charge in [0.05, 0.1) is 17.9 Å². The van der Waals surface area contributed by atoms with E-state index >= 15 is 0 Å². The minimum Gasteiger partial charge on any atom is -0.353 e. The third kappa shape index (κ3) is 3.15. The van der Waals surface area contributed by atoms with Gasteiger partial charge in [0.1, 0.15) is 0 Å². The largest absolute Gasteiger partial charge is 0.353 e. The standard InChI is InChI=1S/C19H20N6O/c1-24-11-5-9-16(24)17-10-6-12-25(17)19(26)22-18-21-15(13-20-23-18)14-7-3-2-4-8-14/h2-5,7-9,11,13,17H,6,10,12H2,1H3,(H,21,22,23,26)/t17-/m1/s1. The lowest BCUT2D eigenvalue weighted by molar-refractivity contribution is 0.205. The Morgan fingerprint density at radius 2 is 2.04 bits per heavy atom. The van der Waals surface area contributed by atoms with Crippen LogP contribution in [0.1, 0.15) is 24.6 Å². The number of hydrogen-bond donors (Lipinski definition) is 1. The van der Waals surface area contributed by atoms with Crippen LogP contribution in [-0.2, 0) is 7.05 Å². The number of nitrogens with zero attached hydrogens (tertiary/aromatic N) is 5. The molecule has 7 nitrogen and oxygen atoms in total. The van der Waals surface area contributed by atoms with Crippen molar-refractivity contribution in [3.05, 3.63) is 60.6 Å². The number of carbonyl (C=O) groups excluding carboxylic acids is 1. The predicted molar refractivity (Wildman–Crippen MR) is 98.4 cm³/mol. The molecule has 1 saturated heterocycles.